The van der Waals surface area contributed by atoms with Crippen molar-refractivity contribution in [2.45, 2.75) is 13.5 Å². The molecule has 3 aromatic rings. The van der Waals surface area contributed by atoms with Crippen LogP contribution in [0.1, 0.15) is 18.1 Å². The molecule has 0 unspecified atom stereocenters. The molecule has 0 amide bonds. The summed E-state index contributed by atoms with van der Waals surface area (Å²) in [6.07, 6.45) is 2.98. The molecule has 0 aliphatic carbocycles. The van der Waals surface area contributed by atoms with Crippen LogP contribution in [0.5, 0.6) is 11.5 Å². The third kappa shape index (κ3) is 5.37. The molecule has 10 heteroatoms. The molecule has 1 heterocycles. The third-order valence-electron chi connectivity index (χ3n) is 3.90. The van der Waals surface area contributed by atoms with Crippen molar-refractivity contribution < 1.29 is 13.9 Å². The largest absolute Gasteiger partial charge is 0.490 e. The van der Waals surface area contributed by atoms with Gasteiger partial charge in [0.05, 0.1) is 29.7 Å². The summed E-state index contributed by atoms with van der Waals surface area (Å²) < 4.78 is 25.6. The molecule has 0 aliphatic heterocycles. The van der Waals surface area contributed by atoms with Crippen LogP contribution in [0.2, 0.25) is 5.02 Å². The van der Waals surface area contributed by atoms with Crippen LogP contribution in [0, 0.1) is 5.82 Å². The molecular formula is C20H17BrClFN4O3. The van der Waals surface area contributed by atoms with Gasteiger partial charge in [0.1, 0.15) is 16.9 Å². The number of halogens is 3. The predicted octanol–water partition coefficient (Wildman–Crippen LogP) is 4.75. The maximum atomic E-state index is 13.9. The van der Waals surface area contributed by atoms with E-state index in [0.29, 0.717) is 33.3 Å². The van der Waals surface area contributed by atoms with Crippen molar-refractivity contribution >= 4 is 39.4 Å². The molecule has 2 N–H and O–H groups in total. The second-order valence-electron chi connectivity index (χ2n) is 5.92. The average molecular weight is 496 g/mol. The number of hydrazone groups is 1. The number of nitrogens with zero attached hydrogens (tertiary/aromatic N) is 2. The smallest absolute Gasteiger partial charge is 0.280 e. The van der Waals surface area contributed by atoms with E-state index < -0.39 is 5.82 Å². The average Bonchev–Trinajstić information content (AvgIpc) is 2.72. The first-order chi connectivity index (χ1) is 14.5. The van der Waals surface area contributed by atoms with E-state index in [2.05, 4.69) is 36.7 Å². The highest BCUT2D eigenvalue weighted by molar-refractivity contribution is 9.10. The Kier molecular flexibility index (Phi) is 7.42. The normalized spacial score (nSPS) is 10.9. The molecule has 2 aromatic carbocycles. The van der Waals surface area contributed by atoms with Crippen LogP contribution in [0.4, 0.5) is 10.1 Å². The second kappa shape index (κ2) is 10.2. The zero-order chi connectivity index (χ0) is 21.5. The summed E-state index contributed by atoms with van der Waals surface area (Å²) in [4.78, 5) is 11.5. The summed E-state index contributed by atoms with van der Waals surface area (Å²) in [5.41, 5.74) is 3.78. The number of hydrogen-bond donors (Lipinski definition) is 2. The van der Waals surface area contributed by atoms with E-state index in [1.807, 2.05) is 6.92 Å². The fourth-order valence-electron chi connectivity index (χ4n) is 2.45. The van der Waals surface area contributed by atoms with Gasteiger partial charge >= 0.3 is 0 Å². The number of aromatic amines is 1. The fraction of sp³-hybridized carbons (Fsp3) is 0.150. The summed E-state index contributed by atoms with van der Waals surface area (Å²) in [5, 5.41) is 10.4. The summed E-state index contributed by atoms with van der Waals surface area (Å²) in [6, 6.07) is 9.67. The van der Waals surface area contributed by atoms with Gasteiger partial charge in [0.25, 0.3) is 5.56 Å². The molecule has 0 saturated carbocycles. The Balaban J connectivity index is 1.74. The zero-order valence-electron chi connectivity index (χ0n) is 15.8. The summed E-state index contributed by atoms with van der Waals surface area (Å²) >= 11 is 9.21. The first-order valence-electron chi connectivity index (χ1n) is 8.84. The van der Waals surface area contributed by atoms with E-state index >= 15 is 0 Å². The molecule has 0 atom stereocenters. The molecule has 1 aromatic heterocycles. The minimum atomic E-state index is -0.435. The van der Waals surface area contributed by atoms with Gasteiger partial charge in [0.15, 0.2) is 11.5 Å². The Morgan fingerprint density at radius 1 is 1.30 bits per heavy atom. The summed E-state index contributed by atoms with van der Waals surface area (Å²) in [5.74, 6) is 0.492. The Morgan fingerprint density at radius 3 is 2.90 bits per heavy atom. The Hall–Kier alpha value is -2.91. The standard InChI is InChI=1S/C20H17BrClFN4O3/c1-2-29-18-8-12(9-24-26-16-10-25-27-20(28)19(16)21)6-7-17(18)30-11-13-14(22)4-3-5-15(13)23/h3-10H,2,11H2,1H3,(H2,26,27,28). The molecule has 0 radical (unpaired) electrons. The van der Waals surface area contributed by atoms with E-state index in [-0.39, 0.29) is 17.7 Å². The van der Waals surface area contributed by atoms with Gasteiger partial charge in [0, 0.05) is 5.56 Å². The zero-order valence-corrected chi connectivity index (χ0v) is 18.1. The number of rotatable bonds is 8. The predicted molar refractivity (Wildman–Crippen MR) is 117 cm³/mol. The molecule has 0 bridgehead atoms. The van der Waals surface area contributed by atoms with Crippen molar-refractivity contribution in [3.63, 3.8) is 0 Å². The Morgan fingerprint density at radius 2 is 2.13 bits per heavy atom. The first-order valence-corrected chi connectivity index (χ1v) is 10.0. The molecule has 156 valence electrons. The molecule has 30 heavy (non-hydrogen) atoms. The van der Waals surface area contributed by atoms with Crippen molar-refractivity contribution in [2.24, 2.45) is 5.10 Å². The highest BCUT2D eigenvalue weighted by Gasteiger charge is 2.11. The van der Waals surface area contributed by atoms with Gasteiger partial charge in [-0.3, -0.25) is 10.2 Å². The number of hydrogen-bond acceptors (Lipinski definition) is 6. The van der Waals surface area contributed by atoms with Crippen molar-refractivity contribution in [1.82, 2.24) is 10.2 Å². The van der Waals surface area contributed by atoms with Gasteiger partial charge in [-0.2, -0.15) is 10.2 Å². The van der Waals surface area contributed by atoms with Gasteiger partial charge in [-0.05, 0) is 58.7 Å². The second-order valence-corrected chi connectivity index (χ2v) is 7.13. The molecule has 0 saturated heterocycles. The van der Waals surface area contributed by atoms with Gasteiger partial charge < -0.3 is 9.47 Å². The Labute approximate surface area is 185 Å². The van der Waals surface area contributed by atoms with Crippen LogP contribution in [0.15, 0.2) is 57.0 Å². The van der Waals surface area contributed by atoms with Crippen LogP contribution in [-0.2, 0) is 6.61 Å². The van der Waals surface area contributed by atoms with Crippen LogP contribution in [0.25, 0.3) is 0 Å². The number of nitrogens with one attached hydrogen (secondary N) is 2. The highest BCUT2D eigenvalue weighted by atomic mass is 79.9. The van der Waals surface area contributed by atoms with E-state index in [9.17, 15) is 9.18 Å². The summed E-state index contributed by atoms with van der Waals surface area (Å²) in [7, 11) is 0. The molecule has 7 nitrogen and oxygen atoms in total. The summed E-state index contributed by atoms with van der Waals surface area (Å²) in [6.45, 7) is 2.22. The van der Waals surface area contributed by atoms with Crippen LogP contribution >= 0.6 is 27.5 Å². The van der Waals surface area contributed by atoms with Gasteiger partial charge in [-0.1, -0.05) is 17.7 Å². The van der Waals surface area contributed by atoms with Gasteiger partial charge in [-0.25, -0.2) is 9.49 Å². The Bertz CT molecular complexity index is 1100. The minimum absolute atomic E-state index is 0.0375. The first kappa shape index (κ1) is 21.8. The van der Waals surface area contributed by atoms with E-state index in [1.54, 1.807) is 30.5 Å². The number of benzene rings is 2. The van der Waals surface area contributed by atoms with Crippen molar-refractivity contribution in [3.05, 3.63) is 79.4 Å². The minimum Gasteiger partial charge on any atom is -0.490 e. The van der Waals surface area contributed by atoms with Gasteiger partial charge in [0.2, 0.25) is 0 Å². The fourth-order valence-corrected chi connectivity index (χ4v) is 2.95. The molecule has 0 aliphatic rings. The number of H-pyrrole nitrogens is 1. The number of anilines is 1. The van der Waals surface area contributed by atoms with Crippen LogP contribution in [0.3, 0.4) is 0 Å². The highest BCUT2D eigenvalue weighted by Crippen LogP contribution is 2.30. The molecule has 0 fully saturated rings. The maximum Gasteiger partial charge on any atom is 0.280 e. The third-order valence-corrected chi connectivity index (χ3v) is 5.04. The van der Waals surface area contributed by atoms with Gasteiger partial charge in [-0.15, -0.1) is 0 Å². The van der Waals surface area contributed by atoms with E-state index in [1.165, 1.54) is 18.3 Å². The lowest BCUT2D eigenvalue weighted by atomic mass is 10.2. The SMILES string of the molecule is CCOc1cc(C=NNc2cn[nH]c(=O)c2Br)ccc1OCc1c(F)cccc1Cl. The number of ether oxygens (including phenoxy) is 2. The lowest BCUT2D eigenvalue weighted by molar-refractivity contribution is 0.266. The van der Waals surface area contributed by atoms with Crippen molar-refractivity contribution in [2.75, 3.05) is 12.0 Å². The number of aromatic nitrogens is 2. The van der Waals surface area contributed by atoms with Crippen LogP contribution in [-0.4, -0.2) is 23.0 Å². The monoisotopic (exact) mass is 494 g/mol. The van der Waals surface area contributed by atoms with Crippen molar-refractivity contribution in [1.29, 1.82) is 0 Å². The van der Waals surface area contributed by atoms with Crippen molar-refractivity contribution in [3.8, 4) is 11.5 Å². The quantitative estimate of drug-likeness (QED) is 0.348. The van der Waals surface area contributed by atoms with E-state index in [0.717, 1.165) is 5.56 Å². The lowest BCUT2D eigenvalue weighted by Gasteiger charge is -2.13. The maximum absolute atomic E-state index is 13.9. The molecular weight excluding hydrogens is 479 g/mol. The topological polar surface area (TPSA) is 88.6 Å². The lowest BCUT2D eigenvalue weighted by Crippen LogP contribution is -2.10. The molecule has 3 rings (SSSR count). The molecule has 0 spiro atoms. The van der Waals surface area contributed by atoms with Crippen LogP contribution < -0.4 is 20.5 Å². The van der Waals surface area contributed by atoms with E-state index in [4.69, 9.17) is 21.1 Å².